The summed E-state index contributed by atoms with van der Waals surface area (Å²) in [6, 6.07) is 49.6. The second-order valence-electron chi connectivity index (χ2n) is 20.8. The Hall–Kier alpha value is -11.6. The fourth-order valence-electron chi connectivity index (χ4n) is 11.6. The Balaban J connectivity index is 1.07. The first-order chi connectivity index (χ1) is 43.2. The SMILES string of the molecule is N#Cc1cc2c(cc1C#N)C(=O)C(=Cc1cc3c(s1)-c1sc4c(c1C3(C(=O)OCc1ccccc1)C(=O)OCc1ccccc1)C(C(=O)OCc1ccccc1)(C(=O)OCc1ccccc1)c1cc(C=C3C(=O)c5cc(C#N)c(C#N)cc5C3=O)sc1-4)C2=O. The number of thiophene rings is 3. The molecule has 16 nitrogen and oxygen atoms in total. The van der Waals surface area contributed by atoms with Gasteiger partial charge in [-0.25, -0.2) is 0 Å². The third kappa shape index (κ3) is 9.04. The summed E-state index contributed by atoms with van der Waals surface area (Å²) in [5.41, 5.74) is -5.49. The monoisotopic (exact) mass is 1220 g/mol. The van der Waals surface area contributed by atoms with E-state index in [0.29, 0.717) is 22.3 Å². The smallest absolute Gasteiger partial charge is 0.333 e. The van der Waals surface area contributed by atoms with Crippen LogP contribution in [-0.2, 0) is 75.4 Å². The Labute approximate surface area is 517 Å². The Kier molecular flexibility index (Phi) is 14.2. The summed E-state index contributed by atoms with van der Waals surface area (Å²) in [4.78, 5) is 123. The highest BCUT2D eigenvalue weighted by molar-refractivity contribution is 7.28. The summed E-state index contributed by atoms with van der Waals surface area (Å²) in [6.45, 7) is -1.58. The molecule has 0 amide bonds. The third-order valence-electron chi connectivity index (χ3n) is 15.8. The number of rotatable bonds is 14. The molecule has 0 N–H and O–H groups in total. The van der Waals surface area contributed by atoms with Crippen molar-refractivity contribution in [2.75, 3.05) is 0 Å². The van der Waals surface area contributed by atoms with Gasteiger partial charge in [-0.15, -0.1) is 34.0 Å². The van der Waals surface area contributed by atoms with E-state index in [1.54, 1.807) is 121 Å². The summed E-state index contributed by atoms with van der Waals surface area (Å²) in [6.07, 6.45) is 2.58. The lowest BCUT2D eigenvalue weighted by Gasteiger charge is -2.32. The predicted molar refractivity (Wildman–Crippen MR) is 322 cm³/mol. The summed E-state index contributed by atoms with van der Waals surface area (Å²) in [5.74, 6) is -7.81. The highest BCUT2D eigenvalue weighted by atomic mass is 32.1. The quantitative estimate of drug-likeness (QED) is 0.0322. The van der Waals surface area contributed by atoms with Crippen LogP contribution in [0.25, 0.3) is 31.7 Å². The topological polar surface area (TPSA) is 269 Å². The fourth-order valence-corrected chi connectivity index (χ4v) is 15.6. The first kappa shape index (κ1) is 56.5. The average molecular weight is 1220 g/mol. The van der Waals surface area contributed by atoms with Gasteiger partial charge in [-0.3, -0.25) is 38.4 Å². The highest BCUT2D eigenvalue weighted by Crippen LogP contribution is 2.68. The first-order valence-electron chi connectivity index (χ1n) is 27.1. The molecule has 0 radical (unpaired) electrons. The molecule has 3 aromatic heterocycles. The standard InChI is InChI=1S/C70H36N4O12S3/c71-29-41-21-47-48(22-42(41)30-72)58(76)51(57(47)75)25-45-27-53-61(87-45)63-55(69(53,65(79)83-33-37-13-5-1-6-14-37)66(80)84-34-38-15-7-2-8-16-38)56-64(89-63)62-54(28-46(88-62)26-52-59(77)49-23-43(31-73)44(32-74)24-50(49)60(52)78)70(56,67(81)85-35-39-17-9-3-10-18-39)68(82)86-36-40-19-11-4-12-20-40/h1-28H,33-36H2. The molecular weight excluding hydrogens is 1180 g/mol. The molecular formula is C70H36N4O12S3. The molecule has 0 saturated heterocycles. The molecule has 426 valence electrons. The predicted octanol–water partition coefficient (Wildman–Crippen LogP) is 11.8. The molecule has 3 heterocycles. The lowest BCUT2D eigenvalue weighted by atomic mass is 9.70. The number of carbonyl (C=O) groups excluding carboxylic acids is 8. The minimum atomic E-state index is -2.75. The summed E-state index contributed by atoms with van der Waals surface area (Å²) in [5, 5.41) is 39.3. The summed E-state index contributed by atoms with van der Waals surface area (Å²) in [7, 11) is 0. The van der Waals surface area contributed by atoms with Gasteiger partial charge in [0.1, 0.15) is 50.7 Å². The van der Waals surface area contributed by atoms with E-state index in [1.165, 1.54) is 48.6 Å². The zero-order valence-corrected chi connectivity index (χ0v) is 48.4. The maximum atomic E-state index is 16.2. The zero-order valence-electron chi connectivity index (χ0n) is 45.9. The number of nitriles is 4. The molecule has 89 heavy (non-hydrogen) atoms. The molecule has 0 aliphatic heterocycles. The van der Waals surface area contributed by atoms with Crippen molar-refractivity contribution in [3.8, 4) is 43.8 Å². The summed E-state index contributed by atoms with van der Waals surface area (Å²) >= 11 is 2.93. The minimum Gasteiger partial charge on any atom is -0.459 e. The Morgan fingerprint density at radius 1 is 0.371 bits per heavy atom. The number of allylic oxidation sites excluding steroid dienone is 2. The van der Waals surface area contributed by atoms with Crippen molar-refractivity contribution in [1.29, 1.82) is 21.0 Å². The Morgan fingerprint density at radius 2 is 0.629 bits per heavy atom. The average Bonchev–Trinajstić information content (AvgIpc) is 1.49. The number of ether oxygens (including phenoxy) is 4. The van der Waals surface area contributed by atoms with Gasteiger partial charge in [0.05, 0.1) is 52.9 Å². The maximum Gasteiger partial charge on any atom is 0.333 e. The van der Waals surface area contributed by atoms with Crippen LogP contribution in [0.2, 0.25) is 0 Å². The number of Topliss-reactive ketones (excluding diaryl/α,β-unsaturated/α-hetero) is 4. The van der Waals surface area contributed by atoms with Gasteiger partial charge < -0.3 is 18.9 Å². The van der Waals surface area contributed by atoms with Crippen molar-refractivity contribution < 1.29 is 57.3 Å². The van der Waals surface area contributed by atoms with Crippen LogP contribution in [-0.4, -0.2) is 47.0 Å². The molecule has 0 atom stereocenters. The van der Waals surface area contributed by atoms with Crippen LogP contribution in [0.3, 0.4) is 0 Å². The fraction of sp³-hybridized carbons (Fsp3) is 0.0857. The zero-order chi connectivity index (χ0) is 61.9. The van der Waals surface area contributed by atoms with Crippen molar-refractivity contribution in [2.45, 2.75) is 37.3 Å². The second-order valence-corrected chi connectivity index (χ2v) is 24.0. The molecule has 13 rings (SSSR count). The molecule has 19 heteroatoms. The number of ketones is 4. The molecule has 4 aliphatic carbocycles. The van der Waals surface area contributed by atoms with Crippen LogP contribution in [0.5, 0.6) is 0 Å². The molecule has 0 fully saturated rings. The van der Waals surface area contributed by atoms with Gasteiger partial charge in [0.25, 0.3) is 0 Å². The number of benzene rings is 6. The van der Waals surface area contributed by atoms with Crippen molar-refractivity contribution in [3.63, 3.8) is 0 Å². The van der Waals surface area contributed by atoms with Gasteiger partial charge in [0.2, 0.25) is 10.8 Å². The van der Waals surface area contributed by atoms with E-state index in [9.17, 15) is 40.2 Å². The van der Waals surface area contributed by atoms with Crippen LogP contribution < -0.4 is 0 Å². The Bertz CT molecular complexity index is 4370. The molecule has 0 unspecified atom stereocenters. The van der Waals surface area contributed by atoms with E-state index in [-0.39, 0.29) is 107 Å². The van der Waals surface area contributed by atoms with Gasteiger partial charge in [0, 0.05) is 54.3 Å². The minimum absolute atomic E-state index is 0.0507. The van der Waals surface area contributed by atoms with E-state index in [1.807, 2.05) is 24.3 Å². The van der Waals surface area contributed by atoms with Gasteiger partial charge >= 0.3 is 23.9 Å². The lowest BCUT2D eigenvalue weighted by Crippen LogP contribution is -2.50. The number of hydrogen-bond acceptors (Lipinski definition) is 19. The van der Waals surface area contributed by atoms with Gasteiger partial charge in [0.15, 0.2) is 23.1 Å². The Morgan fingerprint density at radius 3 is 0.876 bits per heavy atom. The third-order valence-corrected chi connectivity index (χ3v) is 19.5. The largest absolute Gasteiger partial charge is 0.459 e. The van der Waals surface area contributed by atoms with E-state index in [0.717, 1.165) is 34.0 Å². The number of hydrogen-bond donors (Lipinski definition) is 0. The lowest BCUT2D eigenvalue weighted by molar-refractivity contribution is -0.167. The first-order valence-corrected chi connectivity index (χ1v) is 29.6. The van der Waals surface area contributed by atoms with Crippen molar-refractivity contribution >= 4 is 93.2 Å². The molecule has 9 aromatic rings. The van der Waals surface area contributed by atoms with E-state index in [4.69, 9.17) is 18.9 Å². The molecule has 6 aromatic carbocycles. The molecule has 0 spiro atoms. The van der Waals surface area contributed by atoms with Crippen molar-refractivity contribution in [3.05, 3.63) is 268 Å². The van der Waals surface area contributed by atoms with Gasteiger partial charge in [-0.05, 0) is 70.8 Å². The van der Waals surface area contributed by atoms with Crippen LogP contribution in [0.1, 0.15) is 118 Å². The normalized spacial score (nSPS) is 13.9. The summed E-state index contributed by atoms with van der Waals surface area (Å²) < 4.78 is 25.1. The van der Waals surface area contributed by atoms with E-state index < -0.39 is 84.3 Å². The molecule has 0 saturated carbocycles. The van der Waals surface area contributed by atoms with Crippen molar-refractivity contribution in [1.82, 2.24) is 0 Å². The van der Waals surface area contributed by atoms with Crippen LogP contribution in [0.15, 0.2) is 169 Å². The maximum absolute atomic E-state index is 16.2. The molecule has 0 bridgehead atoms. The number of nitrogens with zero attached hydrogens (tertiary/aromatic N) is 4. The number of carbonyl (C=O) groups is 8. The highest BCUT2D eigenvalue weighted by Gasteiger charge is 2.69. The van der Waals surface area contributed by atoms with E-state index >= 15 is 19.2 Å². The van der Waals surface area contributed by atoms with Gasteiger partial charge in [-0.1, -0.05) is 121 Å². The van der Waals surface area contributed by atoms with Crippen LogP contribution in [0, 0.1) is 45.3 Å². The second kappa shape index (κ2) is 22.4. The van der Waals surface area contributed by atoms with Crippen molar-refractivity contribution in [2.24, 2.45) is 0 Å². The molecule has 4 aliphatic rings. The number of fused-ring (bicyclic) bond motifs is 9. The van der Waals surface area contributed by atoms with Crippen LogP contribution in [0.4, 0.5) is 0 Å². The van der Waals surface area contributed by atoms with Gasteiger partial charge in [-0.2, -0.15) is 21.0 Å². The number of esters is 4. The van der Waals surface area contributed by atoms with E-state index in [2.05, 4.69) is 0 Å². The van der Waals surface area contributed by atoms with Crippen LogP contribution >= 0.6 is 34.0 Å².